The highest BCUT2D eigenvalue weighted by Gasteiger charge is 2.14. The smallest absolute Gasteiger partial charge is 0.227 e. The third-order valence-electron chi connectivity index (χ3n) is 3.86. The predicted octanol–water partition coefficient (Wildman–Crippen LogP) is 4.30. The number of carbonyl (C=O) groups excluding carboxylic acids is 1. The molecule has 0 saturated carbocycles. The quantitative estimate of drug-likeness (QED) is 0.451. The minimum atomic E-state index is -0.178. The molecule has 0 aliphatic heterocycles. The summed E-state index contributed by atoms with van der Waals surface area (Å²) in [6.45, 7) is 0. The third-order valence-corrected chi connectivity index (χ3v) is 6.09. The van der Waals surface area contributed by atoms with Crippen molar-refractivity contribution in [3.8, 4) is 10.7 Å². The van der Waals surface area contributed by atoms with Crippen LogP contribution in [0.15, 0.2) is 56.6 Å². The number of rotatable bonds is 7. The first-order chi connectivity index (χ1) is 14.1. The van der Waals surface area contributed by atoms with Gasteiger partial charge in [0.2, 0.25) is 17.6 Å². The van der Waals surface area contributed by atoms with Crippen LogP contribution < -0.4 is 5.32 Å². The Morgan fingerprint density at radius 1 is 1.38 bits per heavy atom. The van der Waals surface area contributed by atoms with Crippen LogP contribution in [0.2, 0.25) is 5.02 Å². The molecule has 1 N–H and O–H groups in total. The Bertz CT molecular complexity index is 1130. The van der Waals surface area contributed by atoms with Crippen molar-refractivity contribution in [3.63, 3.8) is 0 Å². The fraction of sp³-hybridized carbons (Fsp3) is 0.167. The van der Waals surface area contributed by atoms with Crippen molar-refractivity contribution in [1.29, 1.82) is 0 Å². The van der Waals surface area contributed by atoms with E-state index in [4.69, 9.17) is 16.1 Å². The maximum Gasteiger partial charge on any atom is 0.227 e. The second-order valence-electron chi connectivity index (χ2n) is 6.00. The van der Waals surface area contributed by atoms with E-state index in [-0.39, 0.29) is 12.3 Å². The van der Waals surface area contributed by atoms with Crippen molar-refractivity contribution in [2.45, 2.75) is 22.9 Å². The number of nitrogens with one attached hydrogen (secondary N) is 1. The molecule has 1 aromatic carbocycles. The lowest BCUT2D eigenvalue weighted by molar-refractivity contribution is -0.116. The number of hydrogen-bond donors (Lipinski definition) is 1. The van der Waals surface area contributed by atoms with Crippen molar-refractivity contribution in [2.75, 3.05) is 5.32 Å². The molecule has 8 nitrogen and oxygen atoms in total. The van der Waals surface area contributed by atoms with E-state index < -0.39 is 0 Å². The minimum absolute atomic E-state index is 0.178. The largest absolute Gasteiger partial charge is 0.339 e. The summed E-state index contributed by atoms with van der Waals surface area (Å²) in [4.78, 5) is 18.5. The Kier molecular flexibility index (Phi) is 5.93. The number of thiophene rings is 1. The van der Waals surface area contributed by atoms with Crippen LogP contribution in [0, 0.1) is 0 Å². The molecule has 0 radical (unpaired) electrons. The molecule has 3 aromatic heterocycles. The Morgan fingerprint density at radius 3 is 3.03 bits per heavy atom. The van der Waals surface area contributed by atoms with Crippen LogP contribution in [-0.2, 0) is 18.3 Å². The van der Waals surface area contributed by atoms with E-state index in [0.717, 1.165) is 9.77 Å². The van der Waals surface area contributed by atoms with Gasteiger partial charge in [0.25, 0.3) is 0 Å². The zero-order chi connectivity index (χ0) is 20.2. The number of hydrogen-bond acceptors (Lipinski definition) is 8. The molecule has 148 valence electrons. The normalized spacial score (nSPS) is 11.0. The third kappa shape index (κ3) is 4.84. The molecule has 0 saturated heterocycles. The van der Waals surface area contributed by atoms with Crippen molar-refractivity contribution < 1.29 is 9.32 Å². The first-order valence-electron chi connectivity index (χ1n) is 8.56. The van der Waals surface area contributed by atoms with Gasteiger partial charge in [-0.3, -0.25) is 4.79 Å². The molecule has 1 amide bonds. The second-order valence-corrected chi connectivity index (χ2v) is 8.40. The fourth-order valence-electron chi connectivity index (χ4n) is 2.45. The Labute approximate surface area is 179 Å². The number of halogens is 1. The van der Waals surface area contributed by atoms with Gasteiger partial charge in [0.1, 0.15) is 6.33 Å². The number of aryl methyl sites for hydroxylation is 2. The SMILES string of the molecule is Cn1cnnc1Sc1ccc(Cl)cc1NC(=O)CCc1nc(-c2cccs2)no1. The van der Waals surface area contributed by atoms with E-state index in [1.54, 1.807) is 23.0 Å². The average Bonchev–Trinajstić information content (AvgIpc) is 3.44. The molecule has 0 atom stereocenters. The van der Waals surface area contributed by atoms with E-state index in [1.165, 1.54) is 23.1 Å². The van der Waals surface area contributed by atoms with Gasteiger partial charge in [0.05, 0.1) is 10.6 Å². The van der Waals surface area contributed by atoms with Gasteiger partial charge in [-0.15, -0.1) is 21.5 Å². The summed E-state index contributed by atoms with van der Waals surface area (Å²) in [6, 6.07) is 9.15. The first kappa shape index (κ1) is 19.6. The number of aromatic nitrogens is 5. The van der Waals surface area contributed by atoms with E-state index >= 15 is 0 Å². The summed E-state index contributed by atoms with van der Waals surface area (Å²) in [5.74, 6) is 0.777. The van der Waals surface area contributed by atoms with E-state index in [9.17, 15) is 4.79 Å². The minimum Gasteiger partial charge on any atom is -0.339 e. The molecule has 3 heterocycles. The zero-order valence-electron chi connectivity index (χ0n) is 15.2. The summed E-state index contributed by atoms with van der Waals surface area (Å²) in [6.07, 6.45) is 2.16. The molecule has 0 fully saturated rings. The Balaban J connectivity index is 1.40. The molecule has 0 bridgehead atoms. The van der Waals surface area contributed by atoms with Gasteiger partial charge in [-0.2, -0.15) is 4.98 Å². The summed E-state index contributed by atoms with van der Waals surface area (Å²) >= 11 is 9.03. The number of amides is 1. The van der Waals surface area contributed by atoms with Gasteiger partial charge >= 0.3 is 0 Å². The van der Waals surface area contributed by atoms with Crippen LogP contribution in [0.25, 0.3) is 10.7 Å². The Morgan fingerprint density at radius 2 is 2.28 bits per heavy atom. The van der Waals surface area contributed by atoms with E-state index in [0.29, 0.717) is 34.0 Å². The molecular weight excluding hydrogens is 432 g/mol. The van der Waals surface area contributed by atoms with Gasteiger partial charge in [0, 0.05) is 29.8 Å². The second kappa shape index (κ2) is 8.76. The molecule has 4 rings (SSSR count). The predicted molar refractivity (Wildman–Crippen MR) is 111 cm³/mol. The zero-order valence-corrected chi connectivity index (χ0v) is 17.6. The van der Waals surface area contributed by atoms with Crippen LogP contribution in [0.4, 0.5) is 5.69 Å². The molecule has 29 heavy (non-hydrogen) atoms. The Hall–Kier alpha value is -2.69. The van der Waals surface area contributed by atoms with Gasteiger partial charge in [-0.05, 0) is 41.4 Å². The number of anilines is 1. The summed E-state index contributed by atoms with van der Waals surface area (Å²) < 4.78 is 7.03. The molecular formula is C18H15ClN6O2S2. The van der Waals surface area contributed by atoms with E-state index in [2.05, 4.69) is 25.7 Å². The fourth-order valence-corrected chi connectivity index (χ4v) is 4.10. The van der Waals surface area contributed by atoms with Crippen molar-refractivity contribution >= 4 is 46.3 Å². The van der Waals surface area contributed by atoms with Crippen LogP contribution >= 0.6 is 34.7 Å². The molecule has 11 heteroatoms. The van der Waals surface area contributed by atoms with Gasteiger partial charge in [-0.1, -0.05) is 22.8 Å². The van der Waals surface area contributed by atoms with Gasteiger partial charge < -0.3 is 14.4 Å². The molecule has 0 unspecified atom stereocenters. The highest BCUT2D eigenvalue weighted by Crippen LogP contribution is 2.34. The molecule has 0 aliphatic rings. The monoisotopic (exact) mass is 446 g/mol. The maximum absolute atomic E-state index is 12.5. The van der Waals surface area contributed by atoms with E-state index in [1.807, 2.05) is 30.6 Å². The van der Waals surface area contributed by atoms with Crippen LogP contribution in [0.3, 0.4) is 0 Å². The number of carbonyl (C=O) groups is 1. The van der Waals surface area contributed by atoms with Gasteiger partial charge in [-0.25, -0.2) is 0 Å². The van der Waals surface area contributed by atoms with Gasteiger partial charge in [0.15, 0.2) is 5.16 Å². The topological polar surface area (TPSA) is 98.7 Å². The van der Waals surface area contributed by atoms with Crippen molar-refractivity contribution in [1.82, 2.24) is 24.9 Å². The number of benzene rings is 1. The average molecular weight is 447 g/mol. The number of nitrogens with zero attached hydrogens (tertiary/aromatic N) is 5. The first-order valence-corrected chi connectivity index (χ1v) is 10.6. The van der Waals surface area contributed by atoms with Crippen molar-refractivity contribution in [2.24, 2.45) is 7.05 Å². The highest BCUT2D eigenvalue weighted by molar-refractivity contribution is 7.99. The highest BCUT2D eigenvalue weighted by atomic mass is 35.5. The molecule has 0 aliphatic carbocycles. The van der Waals surface area contributed by atoms with Crippen LogP contribution in [-0.4, -0.2) is 30.8 Å². The standard InChI is InChI=1S/C18H15ClN6O2S2/c1-25-10-20-23-18(25)29-13-5-4-11(19)9-12(13)21-15(26)6-7-16-22-17(24-27-16)14-3-2-8-28-14/h2-5,8-10H,6-7H2,1H3,(H,21,26). The summed E-state index contributed by atoms with van der Waals surface area (Å²) in [5.41, 5.74) is 0.611. The maximum atomic E-state index is 12.5. The lowest BCUT2D eigenvalue weighted by Gasteiger charge is -2.10. The lowest BCUT2D eigenvalue weighted by atomic mass is 10.2. The summed E-state index contributed by atoms with van der Waals surface area (Å²) in [5, 5.41) is 17.9. The molecule has 4 aromatic rings. The summed E-state index contributed by atoms with van der Waals surface area (Å²) in [7, 11) is 1.85. The molecule has 0 spiro atoms. The van der Waals surface area contributed by atoms with Crippen molar-refractivity contribution in [3.05, 3.63) is 53.0 Å². The van der Waals surface area contributed by atoms with Crippen LogP contribution in [0.1, 0.15) is 12.3 Å². The van der Waals surface area contributed by atoms with Crippen LogP contribution in [0.5, 0.6) is 0 Å². The lowest BCUT2D eigenvalue weighted by Crippen LogP contribution is -2.13.